The molecule has 134 valence electrons. The molecule has 0 aromatic heterocycles. The summed E-state index contributed by atoms with van der Waals surface area (Å²) in [7, 11) is 1.63. The summed E-state index contributed by atoms with van der Waals surface area (Å²) in [6.07, 6.45) is 2.74. The summed E-state index contributed by atoms with van der Waals surface area (Å²) in [6, 6.07) is 3.32. The average Bonchev–Trinajstić information content (AvgIpc) is 2.63. The van der Waals surface area contributed by atoms with Crippen molar-refractivity contribution in [2.24, 2.45) is 0 Å². The lowest BCUT2D eigenvalue weighted by atomic mass is 10.1. The van der Waals surface area contributed by atoms with Crippen LogP contribution >= 0.6 is 19.7 Å². The van der Waals surface area contributed by atoms with Crippen LogP contribution < -0.4 is 14.2 Å². The minimum absolute atomic E-state index is 0.437. The fraction of sp³-hybridized carbons (Fsp3) is 0.357. The molecule has 1 atom stereocenters. The zero-order chi connectivity index (χ0) is 18.2. The monoisotopic (exact) mass is 380 g/mol. The molecule has 1 rings (SSSR count). The lowest BCUT2D eigenvalue weighted by Gasteiger charge is -2.12. The maximum Gasteiger partial charge on any atom is 0.491 e. The molecule has 0 radical (unpaired) electrons. The SMILES string of the molecule is COc1cc(/C=C/C(=O)COP(=O)(OC)OCl)cc(OC)c1OC. The molecule has 0 bridgehead atoms. The summed E-state index contributed by atoms with van der Waals surface area (Å²) in [4.78, 5) is 11.8. The largest absolute Gasteiger partial charge is 0.493 e. The van der Waals surface area contributed by atoms with Crippen LogP contribution in [0.25, 0.3) is 6.08 Å². The van der Waals surface area contributed by atoms with Crippen LogP contribution in [-0.4, -0.2) is 40.8 Å². The third-order valence-corrected chi connectivity index (χ3v) is 4.39. The van der Waals surface area contributed by atoms with Crippen molar-refractivity contribution >= 4 is 31.5 Å². The summed E-state index contributed by atoms with van der Waals surface area (Å²) >= 11 is 4.98. The molecule has 8 nitrogen and oxygen atoms in total. The number of ketones is 1. The first-order chi connectivity index (χ1) is 11.4. The van der Waals surface area contributed by atoms with Crippen molar-refractivity contribution in [1.29, 1.82) is 0 Å². The van der Waals surface area contributed by atoms with Crippen LogP contribution in [0.15, 0.2) is 18.2 Å². The van der Waals surface area contributed by atoms with E-state index in [2.05, 4.69) is 8.60 Å². The molecule has 10 heteroatoms. The molecule has 0 aliphatic rings. The third kappa shape index (κ3) is 5.51. The molecule has 0 saturated carbocycles. The van der Waals surface area contributed by atoms with Gasteiger partial charge in [-0.05, 0) is 23.8 Å². The van der Waals surface area contributed by atoms with E-state index in [-0.39, 0.29) is 0 Å². The van der Waals surface area contributed by atoms with E-state index in [9.17, 15) is 9.36 Å². The first-order valence-corrected chi connectivity index (χ1v) is 8.31. The second kappa shape index (κ2) is 9.66. The van der Waals surface area contributed by atoms with Crippen molar-refractivity contribution < 1.29 is 36.7 Å². The topological polar surface area (TPSA) is 89.5 Å². The van der Waals surface area contributed by atoms with Gasteiger partial charge in [-0.2, -0.15) is 4.08 Å². The summed E-state index contributed by atoms with van der Waals surface area (Å²) in [6.45, 7) is -0.529. The predicted octanol–water partition coefficient (Wildman–Crippen LogP) is 3.24. The van der Waals surface area contributed by atoms with Crippen LogP contribution in [0, 0.1) is 0 Å². The number of benzene rings is 1. The van der Waals surface area contributed by atoms with E-state index in [4.69, 9.17) is 30.6 Å². The van der Waals surface area contributed by atoms with Crippen LogP contribution in [-0.2, 0) is 22.5 Å². The van der Waals surface area contributed by atoms with Crippen molar-refractivity contribution in [3.63, 3.8) is 0 Å². The van der Waals surface area contributed by atoms with Crippen LogP contribution in [0.3, 0.4) is 0 Å². The molecular formula is C14H18ClO8P. The Bertz CT molecular complexity index is 613. The highest BCUT2D eigenvalue weighted by molar-refractivity contribution is 7.49. The van der Waals surface area contributed by atoms with Crippen molar-refractivity contribution in [3.05, 3.63) is 23.8 Å². The molecule has 0 fully saturated rings. The highest BCUT2D eigenvalue weighted by Crippen LogP contribution is 2.49. The first-order valence-electron chi connectivity index (χ1n) is 6.54. The molecule has 0 heterocycles. The Morgan fingerprint density at radius 1 is 1.12 bits per heavy atom. The lowest BCUT2D eigenvalue weighted by molar-refractivity contribution is -0.116. The Labute approximate surface area is 145 Å². The van der Waals surface area contributed by atoms with Crippen LogP contribution in [0.2, 0.25) is 0 Å². The molecule has 0 spiro atoms. The Balaban J connectivity index is 2.86. The number of hydrogen-bond donors (Lipinski definition) is 0. The van der Waals surface area contributed by atoms with Crippen molar-refractivity contribution in [3.8, 4) is 17.2 Å². The number of phosphoric ester groups is 1. The summed E-state index contributed by atoms with van der Waals surface area (Å²) < 4.78 is 40.4. The minimum atomic E-state index is -3.91. The standard InChI is InChI=1S/C14H18ClO8P/c1-18-12-7-10(8-13(19-2)14(12)20-3)5-6-11(16)9-22-24(17,21-4)23-15/h5-8H,9H2,1-4H3/b6-5+. The van der Waals surface area contributed by atoms with E-state index in [1.165, 1.54) is 33.5 Å². The molecule has 1 aromatic rings. The Morgan fingerprint density at radius 3 is 2.12 bits per heavy atom. The number of ether oxygens (including phenoxy) is 3. The van der Waals surface area contributed by atoms with E-state index in [0.717, 1.165) is 7.11 Å². The van der Waals surface area contributed by atoms with Gasteiger partial charge in [-0.3, -0.25) is 13.8 Å². The van der Waals surface area contributed by atoms with Gasteiger partial charge in [0.2, 0.25) is 5.75 Å². The molecule has 0 aliphatic carbocycles. The van der Waals surface area contributed by atoms with Crippen LogP contribution in [0.5, 0.6) is 17.2 Å². The molecule has 1 unspecified atom stereocenters. The van der Waals surface area contributed by atoms with Gasteiger partial charge in [0.15, 0.2) is 17.3 Å². The van der Waals surface area contributed by atoms with Crippen molar-refractivity contribution in [1.82, 2.24) is 0 Å². The summed E-state index contributed by atoms with van der Waals surface area (Å²) in [5.74, 6) is 0.848. The number of carbonyl (C=O) groups excluding carboxylic acids is 1. The number of methoxy groups -OCH3 is 3. The minimum Gasteiger partial charge on any atom is -0.493 e. The quantitative estimate of drug-likeness (QED) is 0.451. The van der Waals surface area contributed by atoms with E-state index in [1.54, 1.807) is 12.1 Å². The first kappa shape index (κ1) is 20.5. The van der Waals surface area contributed by atoms with E-state index in [1.807, 2.05) is 0 Å². The smallest absolute Gasteiger partial charge is 0.491 e. The van der Waals surface area contributed by atoms with Crippen molar-refractivity contribution in [2.75, 3.05) is 35.0 Å². The molecule has 0 saturated heterocycles. The van der Waals surface area contributed by atoms with Gasteiger partial charge in [0.05, 0.1) is 33.2 Å². The van der Waals surface area contributed by atoms with Crippen LogP contribution in [0.1, 0.15) is 5.56 Å². The Kier molecular flexibility index (Phi) is 8.24. The summed E-state index contributed by atoms with van der Waals surface area (Å²) in [5.41, 5.74) is 0.626. The van der Waals surface area contributed by atoms with E-state index < -0.39 is 20.2 Å². The van der Waals surface area contributed by atoms with Gasteiger partial charge < -0.3 is 14.2 Å². The van der Waals surface area contributed by atoms with Gasteiger partial charge in [0, 0.05) is 7.11 Å². The second-order valence-corrected chi connectivity index (χ2v) is 6.30. The fourth-order valence-corrected chi connectivity index (χ4v) is 2.45. The van der Waals surface area contributed by atoms with E-state index >= 15 is 0 Å². The summed E-state index contributed by atoms with van der Waals surface area (Å²) in [5, 5.41) is 0. The maximum absolute atomic E-state index is 11.8. The molecule has 0 amide bonds. The number of rotatable bonds is 10. The molecule has 24 heavy (non-hydrogen) atoms. The van der Waals surface area contributed by atoms with Crippen molar-refractivity contribution in [2.45, 2.75) is 0 Å². The number of carbonyl (C=O) groups is 1. The number of hydrogen-bond acceptors (Lipinski definition) is 8. The van der Waals surface area contributed by atoms with E-state index in [0.29, 0.717) is 22.8 Å². The number of phosphoric acid groups is 1. The normalized spacial score (nSPS) is 13.5. The van der Waals surface area contributed by atoms with Gasteiger partial charge in [0.25, 0.3) is 0 Å². The molecule has 1 aromatic carbocycles. The lowest BCUT2D eigenvalue weighted by Crippen LogP contribution is -2.05. The van der Waals surface area contributed by atoms with Gasteiger partial charge in [-0.1, -0.05) is 6.08 Å². The highest BCUT2D eigenvalue weighted by atomic mass is 35.5. The van der Waals surface area contributed by atoms with Gasteiger partial charge in [0.1, 0.15) is 6.61 Å². The molecule has 0 N–H and O–H groups in total. The van der Waals surface area contributed by atoms with Gasteiger partial charge in [-0.15, -0.1) is 0 Å². The Morgan fingerprint density at radius 2 is 1.71 bits per heavy atom. The predicted molar refractivity (Wildman–Crippen MR) is 87.6 cm³/mol. The molecule has 0 aliphatic heterocycles. The molecular weight excluding hydrogens is 363 g/mol. The van der Waals surface area contributed by atoms with Gasteiger partial charge >= 0.3 is 7.82 Å². The maximum atomic E-state index is 11.8. The van der Waals surface area contributed by atoms with Gasteiger partial charge in [-0.25, -0.2) is 4.57 Å². The average molecular weight is 381 g/mol. The second-order valence-electron chi connectivity index (χ2n) is 4.23. The zero-order valence-electron chi connectivity index (χ0n) is 13.6. The third-order valence-electron chi connectivity index (χ3n) is 2.82. The highest BCUT2D eigenvalue weighted by Gasteiger charge is 2.25. The zero-order valence-corrected chi connectivity index (χ0v) is 15.3. The fourth-order valence-electron chi connectivity index (χ4n) is 1.68. The Hall–Kier alpha value is -1.57. The van der Waals surface area contributed by atoms with Crippen LogP contribution in [0.4, 0.5) is 0 Å². The number of halogens is 1.